The van der Waals surface area contributed by atoms with Gasteiger partial charge >= 0.3 is 12.0 Å². The van der Waals surface area contributed by atoms with Crippen LogP contribution in [0.15, 0.2) is 18.5 Å². The van der Waals surface area contributed by atoms with Crippen molar-refractivity contribution in [3.05, 3.63) is 24.0 Å². The van der Waals surface area contributed by atoms with E-state index < -0.39 is 23.3 Å². The third kappa shape index (κ3) is 4.23. The first-order valence-corrected chi connectivity index (χ1v) is 5.75. The first kappa shape index (κ1) is 15.4. The highest BCUT2D eigenvalue weighted by Gasteiger charge is 2.25. The molecule has 0 unspecified atom stereocenters. The third-order valence-electron chi connectivity index (χ3n) is 2.60. The van der Waals surface area contributed by atoms with Crippen LogP contribution < -0.4 is 16.4 Å². The number of aromatic nitrogens is 1. The van der Waals surface area contributed by atoms with Crippen LogP contribution in [-0.2, 0) is 4.79 Å². The zero-order valence-corrected chi connectivity index (χ0v) is 11.1. The molecule has 0 bridgehead atoms. The number of rotatable bonds is 5. The summed E-state index contributed by atoms with van der Waals surface area (Å²) >= 11 is 0. The summed E-state index contributed by atoms with van der Waals surface area (Å²) in [5.41, 5.74) is 4.49. The average molecular weight is 280 g/mol. The number of nitrogens with two attached hydrogens (primary N) is 1. The number of aromatic carboxylic acids is 1. The fraction of sp³-hybridized carbons (Fsp3) is 0.333. The fourth-order valence-electron chi connectivity index (χ4n) is 1.19. The summed E-state index contributed by atoms with van der Waals surface area (Å²) in [7, 11) is 0. The molecular formula is C12H16N4O4. The molecule has 0 saturated carbocycles. The molecule has 1 aromatic heterocycles. The van der Waals surface area contributed by atoms with Crippen LogP contribution in [-0.4, -0.2) is 34.5 Å². The van der Waals surface area contributed by atoms with Crippen molar-refractivity contribution in [3.63, 3.8) is 0 Å². The Morgan fingerprint density at radius 3 is 2.55 bits per heavy atom. The van der Waals surface area contributed by atoms with Crippen molar-refractivity contribution >= 4 is 23.6 Å². The van der Waals surface area contributed by atoms with Crippen LogP contribution in [0.2, 0.25) is 0 Å². The summed E-state index contributed by atoms with van der Waals surface area (Å²) in [5, 5.41) is 13.7. The van der Waals surface area contributed by atoms with Crippen molar-refractivity contribution in [1.82, 2.24) is 10.3 Å². The van der Waals surface area contributed by atoms with Crippen LogP contribution >= 0.6 is 0 Å². The van der Waals surface area contributed by atoms with E-state index in [9.17, 15) is 14.4 Å². The van der Waals surface area contributed by atoms with Crippen LogP contribution in [0, 0.1) is 5.41 Å². The average Bonchev–Trinajstić information content (AvgIpc) is 2.36. The first-order valence-electron chi connectivity index (χ1n) is 5.75. The Morgan fingerprint density at radius 2 is 2.00 bits per heavy atom. The molecule has 1 heterocycles. The summed E-state index contributed by atoms with van der Waals surface area (Å²) < 4.78 is 0. The highest BCUT2D eigenvalue weighted by Crippen LogP contribution is 2.12. The number of primary amides is 1. The molecule has 0 atom stereocenters. The maximum absolute atomic E-state index is 11.6. The summed E-state index contributed by atoms with van der Waals surface area (Å²) in [6, 6.07) is 0.692. The van der Waals surface area contributed by atoms with Crippen molar-refractivity contribution < 1.29 is 19.5 Å². The number of pyridine rings is 1. The predicted molar refractivity (Wildman–Crippen MR) is 71.2 cm³/mol. The van der Waals surface area contributed by atoms with Gasteiger partial charge in [-0.15, -0.1) is 0 Å². The Balaban J connectivity index is 2.61. The van der Waals surface area contributed by atoms with E-state index in [2.05, 4.69) is 15.6 Å². The second kappa shape index (κ2) is 6.00. The standard InChI is InChI=1S/C12H16N4O4/c1-12(2,10(13)19)6-15-11(20)16-8-3-7(9(17)18)4-14-5-8/h3-5H,6H2,1-2H3,(H2,13,19)(H,17,18)(H2,15,16,20). The lowest BCUT2D eigenvalue weighted by molar-refractivity contribution is -0.125. The van der Waals surface area contributed by atoms with Gasteiger partial charge < -0.3 is 21.5 Å². The van der Waals surface area contributed by atoms with Gasteiger partial charge in [-0.3, -0.25) is 9.78 Å². The molecule has 0 saturated heterocycles. The summed E-state index contributed by atoms with van der Waals surface area (Å²) in [4.78, 5) is 37.2. The van der Waals surface area contributed by atoms with E-state index in [1.165, 1.54) is 18.5 Å². The van der Waals surface area contributed by atoms with Crippen LogP contribution in [0.5, 0.6) is 0 Å². The molecule has 0 radical (unpaired) electrons. The van der Waals surface area contributed by atoms with E-state index in [4.69, 9.17) is 10.8 Å². The van der Waals surface area contributed by atoms with Gasteiger partial charge in [0.15, 0.2) is 0 Å². The first-order chi connectivity index (χ1) is 9.22. The number of anilines is 1. The maximum Gasteiger partial charge on any atom is 0.337 e. The fourth-order valence-corrected chi connectivity index (χ4v) is 1.19. The van der Waals surface area contributed by atoms with Gasteiger partial charge in [-0.2, -0.15) is 0 Å². The van der Waals surface area contributed by atoms with E-state index in [1.807, 2.05) is 0 Å². The highest BCUT2D eigenvalue weighted by atomic mass is 16.4. The minimum Gasteiger partial charge on any atom is -0.478 e. The van der Waals surface area contributed by atoms with Crippen LogP contribution in [0.1, 0.15) is 24.2 Å². The van der Waals surface area contributed by atoms with Gasteiger partial charge in [0.2, 0.25) is 5.91 Å². The molecule has 0 fully saturated rings. The van der Waals surface area contributed by atoms with E-state index >= 15 is 0 Å². The lowest BCUT2D eigenvalue weighted by Gasteiger charge is -2.20. The topological polar surface area (TPSA) is 134 Å². The molecular weight excluding hydrogens is 264 g/mol. The monoisotopic (exact) mass is 280 g/mol. The van der Waals surface area contributed by atoms with Crippen LogP contribution in [0.25, 0.3) is 0 Å². The molecule has 3 amide bonds. The highest BCUT2D eigenvalue weighted by molar-refractivity contribution is 5.93. The van der Waals surface area contributed by atoms with Crippen molar-refractivity contribution in [1.29, 1.82) is 0 Å². The Kier molecular flexibility index (Phi) is 4.63. The largest absolute Gasteiger partial charge is 0.478 e. The van der Waals surface area contributed by atoms with Crippen molar-refractivity contribution in [2.24, 2.45) is 11.1 Å². The summed E-state index contributed by atoms with van der Waals surface area (Å²) in [5.74, 6) is -1.68. The molecule has 1 rings (SSSR count). The molecule has 108 valence electrons. The third-order valence-corrected chi connectivity index (χ3v) is 2.60. The van der Waals surface area contributed by atoms with Gasteiger partial charge in [0.05, 0.1) is 22.9 Å². The Bertz CT molecular complexity index is 542. The Labute approximate surface area is 115 Å². The van der Waals surface area contributed by atoms with Crippen LogP contribution in [0.3, 0.4) is 0 Å². The number of amides is 3. The molecule has 0 aliphatic heterocycles. The minimum absolute atomic E-state index is 0.0414. The second-order valence-corrected chi connectivity index (χ2v) is 4.82. The van der Waals surface area contributed by atoms with Crippen molar-refractivity contribution in [3.8, 4) is 0 Å². The smallest absolute Gasteiger partial charge is 0.337 e. The van der Waals surface area contributed by atoms with Gasteiger partial charge in [-0.1, -0.05) is 0 Å². The molecule has 20 heavy (non-hydrogen) atoms. The number of nitrogens with zero attached hydrogens (tertiary/aromatic N) is 1. The van der Waals surface area contributed by atoms with E-state index in [-0.39, 0.29) is 17.8 Å². The van der Waals surface area contributed by atoms with Crippen LogP contribution in [0.4, 0.5) is 10.5 Å². The van der Waals surface area contributed by atoms with E-state index in [0.29, 0.717) is 0 Å². The van der Waals surface area contributed by atoms with Crippen molar-refractivity contribution in [2.45, 2.75) is 13.8 Å². The lowest BCUT2D eigenvalue weighted by Crippen LogP contribution is -2.43. The molecule has 8 heteroatoms. The number of carbonyl (C=O) groups is 3. The number of carboxylic acid groups (broad SMARTS) is 1. The quantitative estimate of drug-likeness (QED) is 0.619. The van der Waals surface area contributed by atoms with Gasteiger partial charge in [0.25, 0.3) is 0 Å². The molecule has 0 spiro atoms. The maximum atomic E-state index is 11.6. The number of urea groups is 1. The lowest BCUT2D eigenvalue weighted by atomic mass is 9.93. The van der Waals surface area contributed by atoms with Gasteiger partial charge in [0, 0.05) is 12.7 Å². The zero-order valence-electron chi connectivity index (χ0n) is 11.1. The predicted octanol–water partition coefficient (Wildman–Crippen LogP) is 0.413. The second-order valence-electron chi connectivity index (χ2n) is 4.82. The number of hydrogen-bond acceptors (Lipinski definition) is 4. The van der Waals surface area contributed by atoms with Gasteiger partial charge in [0.1, 0.15) is 0 Å². The number of nitrogens with one attached hydrogen (secondary N) is 2. The van der Waals surface area contributed by atoms with Gasteiger partial charge in [-0.05, 0) is 19.9 Å². The summed E-state index contributed by atoms with van der Waals surface area (Å²) in [6.07, 6.45) is 2.48. The molecule has 0 aliphatic carbocycles. The van der Waals surface area contributed by atoms with Crippen molar-refractivity contribution in [2.75, 3.05) is 11.9 Å². The molecule has 8 nitrogen and oxygen atoms in total. The number of hydrogen-bond donors (Lipinski definition) is 4. The molecule has 5 N–H and O–H groups in total. The SMILES string of the molecule is CC(C)(CNC(=O)Nc1cncc(C(=O)O)c1)C(N)=O. The van der Waals surface area contributed by atoms with E-state index in [1.54, 1.807) is 13.8 Å². The number of carboxylic acids is 1. The normalized spacial score (nSPS) is 10.7. The summed E-state index contributed by atoms with van der Waals surface area (Å²) in [6.45, 7) is 3.25. The molecule has 1 aromatic rings. The van der Waals surface area contributed by atoms with E-state index in [0.717, 1.165) is 0 Å². The molecule has 0 aromatic carbocycles. The minimum atomic E-state index is -1.14. The Morgan fingerprint density at radius 1 is 1.35 bits per heavy atom. The zero-order chi connectivity index (χ0) is 15.3. The molecule has 0 aliphatic rings. The Hall–Kier alpha value is -2.64. The number of carbonyl (C=O) groups excluding carboxylic acids is 2. The van der Waals surface area contributed by atoms with Gasteiger partial charge in [-0.25, -0.2) is 9.59 Å².